The second-order valence-electron chi connectivity index (χ2n) is 2.24. The van der Waals surface area contributed by atoms with Gasteiger partial charge in [-0.2, -0.15) is 0 Å². The molecule has 0 fully saturated rings. The predicted octanol–water partition coefficient (Wildman–Crippen LogP) is 0.0374. The summed E-state index contributed by atoms with van der Waals surface area (Å²) in [6.45, 7) is 1.75. The quantitative estimate of drug-likeness (QED) is 0.649. The third-order valence-corrected chi connectivity index (χ3v) is 2.06. The SMILES string of the molecule is Cc1cncc(S(N)(=O)=O)c1. The Morgan fingerprint density at radius 2 is 2.09 bits per heavy atom. The fraction of sp³-hybridized carbons (Fsp3) is 0.167. The summed E-state index contributed by atoms with van der Waals surface area (Å²) in [4.78, 5) is 3.74. The van der Waals surface area contributed by atoms with Crippen LogP contribution in [0.3, 0.4) is 0 Å². The van der Waals surface area contributed by atoms with Crippen LogP contribution in [-0.2, 0) is 10.0 Å². The van der Waals surface area contributed by atoms with Crippen LogP contribution in [0, 0.1) is 6.92 Å². The molecule has 1 aromatic rings. The first-order valence-electron chi connectivity index (χ1n) is 2.94. The Hall–Kier alpha value is -0.940. The van der Waals surface area contributed by atoms with Crippen molar-refractivity contribution < 1.29 is 8.42 Å². The lowest BCUT2D eigenvalue weighted by Crippen LogP contribution is -2.12. The maximum Gasteiger partial charge on any atom is 0.239 e. The van der Waals surface area contributed by atoms with Crippen LogP contribution in [0.2, 0.25) is 0 Å². The van der Waals surface area contributed by atoms with E-state index < -0.39 is 10.0 Å². The Bertz CT molecular complexity index is 359. The summed E-state index contributed by atoms with van der Waals surface area (Å²) < 4.78 is 21.4. The molecule has 60 valence electrons. The molecule has 5 heteroatoms. The highest BCUT2D eigenvalue weighted by atomic mass is 32.2. The Kier molecular flexibility index (Phi) is 1.92. The number of hydrogen-bond acceptors (Lipinski definition) is 3. The molecular weight excluding hydrogens is 164 g/mol. The Morgan fingerprint density at radius 1 is 1.45 bits per heavy atom. The molecule has 0 aliphatic rings. The number of aryl methyl sites for hydroxylation is 1. The number of nitrogens with zero attached hydrogens (tertiary/aromatic N) is 1. The van der Waals surface area contributed by atoms with Gasteiger partial charge < -0.3 is 0 Å². The van der Waals surface area contributed by atoms with Crippen molar-refractivity contribution in [2.75, 3.05) is 0 Å². The number of primary sulfonamides is 1. The summed E-state index contributed by atoms with van der Waals surface area (Å²) >= 11 is 0. The van der Waals surface area contributed by atoms with Crippen LogP contribution in [0.1, 0.15) is 5.56 Å². The summed E-state index contributed by atoms with van der Waals surface area (Å²) in [6.07, 6.45) is 2.79. The Balaban J connectivity index is 3.28. The first kappa shape index (κ1) is 8.16. The molecule has 0 unspecified atom stereocenters. The van der Waals surface area contributed by atoms with Crippen LogP contribution in [0.4, 0.5) is 0 Å². The van der Waals surface area contributed by atoms with E-state index in [1.54, 1.807) is 13.1 Å². The first-order chi connectivity index (χ1) is 5.00. The van der Waals surface area contributed by atoms with E-state index in [1.807, 2.05) is 0 Å². The summed E-state index contributed by atoms with van der Waals surface area (Å²) in [7, 11) is -3.59. The van der Waals surface area contributed by atoms with Gasteiger partial charge >= 0.3 is 0 Å². The maximum atomic E-state index is 10.7. The molecule has 0 radical (unpaired) electrons. The van der Waals surface area contributed by atoms with Gasteiger partial charge in [0.15, 0.2) is 0 Å². The maximum absolute atomic E-state index is 10.7. The molecule has 0 amide bonds. The van der Waals surface area contributed by atoms with E-state index in [0.717, 1.165) is 5.56 Å². The topological polar surface area (TPSA) is 73.0 Å². The van der Waals surface area contributed by atoms with E-state index in [1.165, 1.54) is 12.3 Å². The van der Waals surface area contributed by atoms with Crippen molar-refractivity contribution in [1.29, 1.82) is 0 Å². The minimum Gasteiger partial charge on any atom is -0.263 e. The molecular formula is C6H8N2O2S. The lowest BCUT2D eigenvalue weighted by Gasteiger charge is -1.96. The average molecular weight is 172 g/mol. The smallest absolute Gasteiger partial charge is 0.239 e. The van der Waals surface area contributed by atoms with Crippen LogP contribution < -0.4 is 5.14 Å². The summed E-state index contributed by atoms with van der Waals surface area (Å²) in [5.41, 5.74) is 0.775. The second-order valence-corrected chi connectivity index (χ2v) is 3.80. The van der Waals surface area contributed by atoms with E-state index in [2.05, 4.69) is 4.98 Å². The molecule has 0 atom stereocenters. The third kappa shape index (κ3) is 1.99. The number of sulfonamides is 1. The van der Waals surface area contributed by atoms with Crippen LogP contribution >= 0.6 is 0 Å². The molecule has 1 rings (SSSR count). The van der Waals surface area contributed by atoms with E-state index >= 15 is 0 Å². The van der Waals surface area contributed by atoms with E-state index in [4.69, 9.17) is 5.14 Å². The van der Waals surface area contributed by atoms with Crippen molar-refractivity contribution in [3.8, 4) is 0 Å². The minimum absolute atomic E-state index is 0.0532. The Morgan fingerprint density at radius 3 is 2.45 bits per heavy atom. The zero-order valence-electron chi connectivity index (χ0n) is 5.98. The number of pyridine rings is 1. The number of aromatic nitrogens is 1. The van der Waals surface area contributed by atoms with E-state index in [0.29, 0.717) is 0 Å². The molecule has 0 spiro atoms. The van der Waals surface area contributed by atoms with Gasteiger partial charge in [-0.25, -0.2) is 13.6 Å². The highest BCUT2D eigenvalue weighted by Gasteiger charge is 2.06. The van der Waals surface area contributed by atoms with Crippen molar-refractivity contribution in [3.05, 3.63) is 24.0 Å². The number of nitrogens with two attached hydrogens (primary N) is 1. The summed E-state index contributed by atoms with van der Waals surface area (Å²) in [5.74, 6) is 0. The third-order valence-electron chi connectivity index (χ3n) is 1.18. The molecule has 1 heterocycles. The molecule has 0 bridgehead atoms. The van der Waals surface area contributed by atoms with Gasteiger partial charge in [-0.15, -0.1) is 0 Å². The van der Waals surface area contributed by atoms with Crippen LogP contribution in [-0.4, -0.2) is 13.4 Å². The van der Waals surface area contributed by atoms with Crippen LogP contribution in [0.15, 0.2) is 23.4 Å². The highest BCUT2D eigenvalue weighted by Crippen LogP contribution is 2.05. The van der Waals surface area contributed by atoms with Gasteiger partial charge in [0.05, 0.1) is 0 Å². The van der Waals surface area contributed by atoms with Crippen molar-refractivity contribution in [2.24, 2.45) is 5.14 Å². The van der Waals surface area contributed by atoms with Gasteiger partial charge in [-0.05, 0) is 18.6 Å². The number of rotatable bonds is 1. The fourth-order valence-corrected chi connectivity index (χ4v) is 1.24. The first-order valence-corrected chi connectivity index (χ1v) is 4.49. The predicted molar refractivity (Wildman–Crippen MR) is 40.3 cm³/mol. The summed E-state index contributed by atoms with van der Waals surface area (Å²) in [5, 5.41) is 4.86. The average Bonchev–Trinajstić information content (AvgIpc) is 1.86. The minimum atomic E-state index is -3.59. The highest BCUT2D eigenvalue weighted by molar-refractivity contribution is 7.89. The molecule has 0 saturated carbocycles. The fourth-order valence-electron chi connectivity index (χ4n) is 0.683. The largest absolute Gasteiger partial charge is 0.263 e. The second kappa shape index (κ2) is 2.60. The lowest BCUT2D eigenvalue weighted by atomic mass is 10.3. The van der Waals surface area contributed by atoms with E-state index in [-0.39, 0.29) is 4.90 Å². The van der Waals surface area contributed by atoms with Crippen molar-refractivity contribution in [2.45, 2.75) is 11.8 Å². The zero-order valence-corrected chi connectivity index (χ0v) is 6.80. The van der Waals surface area contributed by atoms with E-state index in [9.17, 15) is 8.42 Å². The molecule has 4 nitrogen and oxygen atoms in total. The zero-order chi connectivity index (χ0) is 8.48. The van der Waals surface area contributed by atoms with Crippen LogP contribution in [0.5, 0.6) is 0 Å². The monoisotopic (exact) mass is 172 g/mol. The van der Waals surface area contributed by atoms with Gasteiger partial charge in [0.2, 0.25) is 10.0 Å². The van der Waals surface area contributed by atoms with Gasteiger partial charge in [0.25, 0.3) is 0 Å². The van der Waals surface area contributed by atoms with Gasteiger partial charge in [-0.3, -0.25) is 4.98 Å². The van der Waals surface area contributed by atoms with Gasteiger partial charge in [-0.1, -0.05) is 0 Å². The van der Waals surface area contributed by atoms with Crippen LogP contribution in [0.25, 0.3) is 0 Å². The van der Waals surface area contributed by atoms with Gasteiger partial charge in [0, 0.05) is 12.4 Å². The molecule has 0 aromatic carbocycles. The molecule has 0 aliphatic carbocycles. The molecule has 2 N–H and O–H groups in total. The lowest BCUT2D eigenvalue weighted by molar-refractivity contribution is 0.597. The summed E-state index contributed by atoms with van der Waals surface area (Å²) in [6, 6.07) is 1.47. The molecule has 1 aromatic heterocycles. The molecule has 11 heavy (non-hydrogen) atoms. The molecule has 0 aliphatic heterocycles. The number of hydrogen-bond donors (Lipinski definition) is 1. The normalized spacial score (nSPS) is 11.5. The van der Waals surface area contributed by atoms with Gasteiger partial charge in [0.1, 0.15) is 4.90 Å². The van der Waals surface area contributed by atoms with Crippen molar-refractivity contribution in [1.82, 2.24) is 4.98 Å². The van der Waals surface area contributed by atoms with Crippen molar-refractivity contribution >= 4 is 10.0 Å². The standard InChI is InChI=1S/C6H8N2O2S/c1-5-2-6(4-8-3-5)11(7,9)10/h2-4H,1H3,(H2,7,9,10). The van der Waals surface area contributed by atoms with Crippen molar-refractivity contribution in [3.63, 3.8) is 0 Å². The Labute approximate surface area is 65.1 Å². The molecule has 0 saturated heterocycles.